The first-order valence-electron chi connectivity index (χ1n) is 8.36. The third-order valence-corrected chi connectivity index (χ3v) is 3.96. The van der Waals surface area contributed by atoms with Crippen molar-refractivity contribution in [2.75, 3.05) is 12.0 Å². The lowest BCUT2D eigenvalue weighted by Crippen LogP contribution is -2.40. The van der Waals surface area contributed by atoms with Crippen LogP contribution in [-0.2, 0) is 0 Å². The molecule has 0 aliphatic heterocycles. The second-order valence-corrected chi connectivity index (χ2v) is 5.90. The van der Waals surface area contributed by atoms with Gasteiger partial charge in [0.1, 0.15) is 18.3 Å². The molecule has 8 heteroatoms. The highest BCUT2D eigenvalue weighted by Crippen LogP contribution is 2.24. The predicted molar refractivity (Wildman–Crippen MR) is 102 cm³/mol. The summed E-state index contributed by atoms with van der Waals surface area (Å²) in [6, 6.07) is 16.9. The first-order valence-corrected chi connectivity index (χ1v) is 8.36. The van der Waals surface area contributed by atoms with Crippen LogP contribution in [0.2, 0.25) is 0 Å². The lowest BCUT2D eigenvalue weighted by Gasteiger charge is -2.18. The van der Waals surface area contributed by atoms with Gasteiger partial charge in [0.15, 0.2) is 11.6 Å². The van der Waals surface area contributed by atoms with Crippen molar-refractivity contribution in [3.05, 3.63) is 54.6 Å². The van der Waals surface area contributed by atoms with Gasteiger partial charge in [-0.25, -0.2) is 9.97 Å². The number of hydrogen-bond acceptors (Lipinski definition) is 8. The zero-order valence-corrected chi connectivity index (χ0v) is 14.3. The minimum Gasteiger partial charge on any atom is -0.394 e. The normalized spacial score (nSPS) is 15.0. The van der Waals surface area contributed by atoms with E-state index >= 15 is 0 Å². The smallest absolute Gasteiger partial charge is 0.162 e. The fraction of sp³-hybridized carbons (Fsp3) is 0.211. The van der Waals surface area contributed by atoms with Crippen LogP contribution in [0.4, 0.5) is 5.82 Å². The van der Waals surface area contributed by atoms with Gasteiger partial charge in [0.05, 0.1) is 18.3 Å². The Morgan fingerprint density at radius 2 is 1.67 bits per heavy atom. The fourth-order valence-corrected chi connectivity index (χ4v) is 2.48. The molecular formula is C19H20N4O4. The Kier molecular flexibility index (Phi) is 6.05. The maximum absolute atomic E-state index is 9.80. The lowest BCUT2D eigenvalue weighted by atomic mass is 10.1. The van der Waals surface area contributed by atoms with Crippen molar-refractivity contribution in [1.29, 1.82) is 0 Å². The average Bonchev–Trinajstić information content (AvgIpc) is 2.72. The summed E-state index contributed by atoms with van der Waals surface area (Å²) in [5.74, 6) is 0.948. The fourth-order valence-electron chi connectivity index (χ4n) is 2.48. The average molecular weight is 368 g/mol. The Bertz CT molecular complexity index is 920. The number of aliphatic hydroxyl groups is 4. The molecule has 27 heavy (non-hydrogen) atoms. The van der Waals surface area contributed by atoms with Crippen molar-refractivity contribution < 1.29 is 20.4 Å². The molecule has 1 aromatic heterocycles. The topological polar surface area (TPSA) is 131 Å². The van der Waals surface area contributed by atoms with Crippen LogP contribution in [0.15, 0.2) is 59.7 Å². The van der Waals surface area contributed by atoms with Crippen LogP contribution >= 0.6 is 0 Å². The molecule has 3 aromatic rings. The number of benzene rings is 2. The van der Waals surface area contributed by atoms with Crippen molar-refractivity contribution in [3.63, 3.8) is 0 Å². The van der Waals surface area contributed by atoms with Crippen LogP contribution in [0.1, 0.15) is 0 Å². The molecule has 8 nitrogen and oxygen atoms in total. The molecule has 140 valence electrons. The molecule has 0 amide bonds. The zero-order valence-electron chi connectivity index (χ0n) is 14.3. The summed E-state index contributed by atoms with van der Waals surface area (Å²) in [5, 5.41) is 42.2. The van der Waals surface area contributed by atoms with E-state index in [-0.39, 0.29) is 0 Å². The number of rotatable bonds is 7. The van der Waals surface area contributed by atoms with Gasteiger partial charge >= 0.3 is 0 Å². The largest absolute Gasteiger partial charge is 0.394 e. The number of hydrogen-bond donors (Lipinski definition) is 5. The van der Waals surface area contributed by atoms with Gasteiger partial charge in [0.2, 0.25) is 0 Å². The number of anilines is 1. The van der Waals surface area contributed by atoms with E-state index in [1.807, 2.05) is 54.6 Å². The van der Waals surface area contributed by atoms with Gasteiger partial charge in [-0.2, -0.15) is 5.10 Å². The van der Waals surface area contributed by atoms with Crippen LogP contribution in [-0.4, -0.2) is 61.5 Å². The summed E-state index contributed by atoms with van der Waals surface area (Å²) in [4.78, 5) is 9.05. The summed E-state index contributed by atoms with van der Waals surface area (Å²) < 4.78 is 0. The molecule has 0 spiro atoms. The predicted octanol–water partition coefficient (Wildman–Crippen LogP) is 0.769. The molecule has 0 unspecified atom stereocenters. The van der Waals surface area contributed by atoms with Crippen LogP contribution in [0.25, 0.3) is 22.3 Å². The van der Waals surface area contributed by atoms with Crippen LogP contribution in [0.3, 0.4) is 0 Å². The van der Waals surface area contributed by atoms with E-state index in [1.54, 1.807) is 0 Å². The lowest BCUT2D eigenvalue weighted by molar-refractivity contribution is -0.0541. The first-order chi connectivity index (χ1) is 13.1. The summed E-state index contributed by atoms with van der Waals surface area (Å²) in [6.45, 7) is -0.670. The molecule has 2 aromatic carbocycles. The molecule has 0 fully saturated rings. The third-order valence-electron chi connectivity index (χ3n) is 3.96. The number of nitrogens with zero attached hydrogens (tertiary/aromatic N) is 3. The minimum absolute atomic E-state index is 0.431. The maximum atomic E-state index is 9.80. The Balaban J connectivity index is 1.88. The second-order valence-electron chi connectivity index (χ2n) is 5.90. The molecule has 3 rings (SSSR count). The summed E-state index contributed by atoms with van der Waals surface area (Å²) in [5.41, 5.74) is 4.31. The number of aromatic nitrogens is 2. The Morgan fingerprint density at radius 3 is 2.41 bits per heavy atom. The van der Waals surface area contributed by atoms with Crippen LogP contribution in [0, 0.1) is 0 Å². The van der Waals surface area contributed by atoms with E-state index in [0.29, 0.717) is 11.6 Å². The van der Waals surface area contributed by atoms with E-state index in [4.69, 9.17) is 5.11 Å². The number of aliphatic hydroxyl groups excluding tert-OH is 4. The number of fused-ring (bicyclic) bond motifs is 1. The van der Waals surface area contributed by atoms with Crippen LogP contribution < -0.4 is 5.43 Å². The van der Waals surface area contributed by atoms with Gasteiger partial charge < -0.3 is 20.4 Å². The Labute approximate surface area is 155 Å². The van der Waals surface area contributed by atoms with Gasteiger partial charge in [-0.15, -0.1) is 0 Å². The van der Waals surface area contributed by atoms with E-state index < -0.39 is 24.9 Å². The van der Waals surface area contributed by atoms with Gasteiger partial charge in [-0.05, 0) is 12.1 Å². The SMILES string of the molecule is OC[C@@H](O)[C@@H](O)[C@@H](O)/C=N/Nc1nc(-c2ccccc2)nc2ccccc12. The number of nitrogens with one attached hydrogen (secondary N) is 1. The highest BCUT2D eigenvalue weighted by atomic mass is 16.4. The van der Waals surface area contributed by atoms with Crippen LogP contribution in [0.5, 0.6) is 0 Å². The highest BCUT2D eigenvalue weighted by Gasteiger charge is 2.22. The van der Waals surface area contributed by atoms with Crippen molar-refractivity contribution in [2.24, 2.45) is 5.10 Å². The second kappa shape index (κ2) is 8.65. The van der Waals surface area contributed by atoms with Gasteiger partial charge in [0, 0.05) is 10.9 Å². The van der Waals surface area contributed by atoms with Gasteiger partial charge in [-0.1, -0.05) is 42.5 Å². The molecule has 3 atom stereocenters. The van der Waals surface area contributed by atoms with Crippen molar-refractivity contribution in [2.45, 2.75) is 18.3 Å². The highest BCUT2D eigenvalue weighted by molar-refractivity contribution is 5.90. The molecule has 0 saturated carbocycles. The summed E-state index contributed by atoms with van der Waals surface area (Å²) in [7, 11) is 0. The van der Waals surface area contributed by atoms with E-state index in [9.17, 15) is 15.3 Å². The standard InChI is InChI=1S/C19H20N4O4/c24-11-16(26)17(27)15(25)10-20-23-19-13-8-4-5-9-14(13)21-18(22-19)12-6-2-1-3-7-12/h1-10,15-17,24-27H,11H2,(H,21,22,23)/b20-10+/t15-,16+,17-/m0/s1. The van der Waals surface area contributed by atoms with E-state index in [0.717, 1.165) is 22.7 Å². The van der Waals surface area contributed by atoms with Crippen molar-refractivity contribution in [1.82, 2.24) is 9.97 Å². The Morgan fingerprint density at radius 1 is 0.963 bits per heavy atom. The van der Waals surface area contributed by atoms with Gasteiger partial charge in [0.25, 0.3) is 0 Å². The van der Waals surface area contributed by atoms with E-state index in [1.165, 1.54) is 0 Å². The molecule has 1 heterocycles. The zero-order chi connectivity index (χ0) is 19.2. The quantitative estimate of drug-likeness (QED) is 0.307. The molecule has 0 aliphatic rings. The molecule has 5 N–H and O–H groups in total. The molecule has 0 bridgehead atoms. The molecule has 0 saturated heterocycles. The minimum atomic E-state index is -1.55. The molecule has 0 aliphatic carbocycles. The summed E-state index contributed by atoms with van der Waals surface area (Å²) in [6.07, 6.45) is -3.44. The third kappa shape index (κ3) is 4.44. The van der Waals surface area contributed by atoms with Gasteiger partial charge in [-0.3, -0.25) is 5.43 Å². The summed E-state index contributed by atoms with van der Waals surface area (Å²) >= 11 is 0. The van der Waals surface area contributed by atoms with Crippen molar-refractivity contribution >= 4 is 22.9 Å². The van der Waals surface area contributed by atoms with Crippen molar-refractivity contribution in [3.8, 4) is 11.4 Å². The number of para-hydroxylation sites is 1. The molecule has 0 radical (unpaired) electrons. The Hall–Kier alpha value is -2.91. The monoisotopic (exact) mass is 368 g/mol. The maximum Gasteiger partial charge on any atom is 0.162 e. The number of hydrazone groups is 1. The first kappa shape index (κ1) is 18.9. The van der Waals surface area contributed by atoms with E-state index in [2.05, 4.69) is 20.5 Å². The molecular weight excluding hydrogens is 348 g/mol.